The molecule has 0 atom stereocenters. The van der Waals surface area contributed by atoms with E-state index in [0.717, 1.165) is 28.1 Å². The van der Waals surface area contributed by atoms with E-state index in [0.29, 0.717) is 5.56 Å². The Bertz CT molecular complexity index is 807. The average Bonchev–Trinajstić information content (AvgIpc) is 3.01. The molecule has 0 aliphatic rings. The molecule has 0 saturated carbocycles. The molecule has 2 N–H and O–H groups in total. The van der Waals surface area contributed by atoms with Gasteiger partial charge in [0.05, 0.1) is 5.69 Å². The van der Waals surface area contributed by atoms with Crippen molar-refractivity contribution >= 4 is 11.6 Å². The minimum atomic E-state index is -0.0979. The number of hydrogen-bond acceptors (Lipinski definition) is 2. The average molecular weight is 291 g/mol. The Kier molecular flexibility index (Phi) is 3.74. The number of nitrogens with zero attached hydrogens (tertiary/aromatic N) is 1. The summed E-state index contributed by atoms with van der Waals surface area (Å²) in [4.78, 5) is 12.4. The van der Waals surface area contributed by atoms with Crippen LogP contribution in [0.3, 0.4) is 0 Å². The number of carbonyl (C=O) groups excluding carboxylic acids is 1. The van der Waals surface area contributed by atoms with E-state index in [2.05, 4.69) is 15.5 Å². The molecule has 1 aromatic heterocycles. The molecule has 0 unspecified atom stereocenters. The first-order chi connectivity index (χ1) is 10.6. The predicted molar refractivity (Wildman–Crippen MR) is 87.9 cm³/mol. The Hall–Kier alpha value is -2.88. The minimum absolute atomic E-state index is 0.0979. The quantitative estimate of drug-likeness (QED) is 0.767. The number of aromatic nitrogens is 2. The first kappa shape index (κ1) is 14.1. The predicted octanol–water partition coefficient (Wildman–Crippen LogP) is 3.95. The lowest BCUT2D eigenvalue weighted by atomic mass is 10.0. The molecule has 1 amide bonds. The molecule has 2 aromatic carbocycles. The van der Waals surface area contributed by atoms with Crippen LogP contribution in [0, 0.1) is 13.8 Å². The van der Waals surface area contributed by atoms with Crippen LogP contribution in [0.4, 0.5) is 5.69 Å². The molecule has 0 aliphatic carbocycles. The summed E-state index contributed by atoms with van der Waals surface area (Å²) in [6.45, 7) is 3.96. The lowest BCUT2D eigenvalue weighted by Crippen LogP contribution is -2.13. The minimum Gasteiger partial charge on any atom is -0.322 e. The Morgan fingerprint density at radius 3 is 2.68 bits per heavy atom. The van der Waals surface area contributed by atoms with Crippen LogP contribution in [0.25, 0.3) is 11.3 Å². The van der Waals surface area contributed by atoms with Crippen LogP contribution in [-0.2, 0) is 0 Å². The molecule has 3 rings (SSSR count). The molecule has 4 heteroatoms. The Morgan fingerprint density at radius 1 is 1.09 bits per heavy atom. The van der Waals surface area contributed by atoms with Gasteiger partial charge in [0.25, 0.3) is 5.91 Å². The van der Waals surface area contributed by atoms with Gasteiger partial charge in [0, 0.05) is 23.0 Å². The molecular weight excluding hydrogens is 274 g/mol. The van der Waals surface area contributed by atoms with E-state index in [-0.39, 0.29) is 5.91 Å². The summed E-state index contributed by atoms with van der Waals surface area (Å²) in [6.07, 6.45) is 1.70. The maximum atomic E-state index is 12.4. The molecule has 0 bridgehead atoms. The van der Waals surface area contributed by atoms with Gasteiger partial charge in [-0.2, -0.15) is 5.10 Å². The van der Waals surface area contributed by atoms with Crippen molar-refractivity contribution in [3.63, 3.8) is 0 Å². The summed E-state index contributed by atoms with van der Waals surface area (Å²) in [5.41, 5.74) is 5.48. The number of amides is 1. The van der Waals surface area contributed by atoms with Gasteiger partial charge >= 0.3 is 0 Å². The zero-order valence-corrected chi connectivity index (χ0v) is 12.6. The molecular formula is C18H17N3O. The zero-order chi connectivity index (χ0) is 15.5. The fourth-order valence-corrected chi connectivity index (χ4v) is 2.45. The van der Waals surface area contributed by atoms with E-state index >= 15 is 0 Å². The number of aromatic amines is 1. The van der Waals surface area contributed by atoms with Crippen molar-refractivity contribution in [1.29, 1.82) is 0 Å². The van der Waals surface area contributed by atoms with Crippen molar-refractivity contribution in [3.05, 3.63) is 71.4 Å². The number of hydrogen-bond donors (Lipinski definition) is 2. The highest BCUT2D eigenvalue weighted by atomic mass is 16.1. The second kappa shape index (κ2) is 5.85. The molecule has 22 heavy (non-hydrogen) atoms. The number of nitrogens with one attached hydrogen (secondary N) is 2. The van der Waals surface area contributed by atoms with E-state index in [1.165, 1.54) is 0 Å². The van der Waals surface area contributed by atoms with Crippen LogP contribution >= 0.6 is 0 Å². The fourth-order valence-electron chi connectivity index (χ4n) is 2.45. The molecule has 0 radical (unpaired) electrons. The van der Waals surface area contributed by atoms with Crippen molar-refractivity contribution in [2.24, 2.45) is 0 Å². The van der Waals surface area contributed by atoms with Gasteiger partial charge in [-0.25, -0.2) is 0 Å². The van der Waals surface area contributed by atoms with E-state index in [1.54, 1.807) is 6.20 Å². The van der Waals surface area contributed by atoms with Crippen molar-refractivity contribution < 1.29 is 4.79 Å². The maximum Gasteiger partial charge on any atom is 0.255 e. The largest absolute Gasteiger partial charge is 0.322 e. The molecule has 0 spiro atoms. The smallest absolute Gasteiger partial charge is 0.255 e. The molecule has 110 valence electrons. The van der Waals surface area contributed by atoms with E-state index < -0.39 is 0 Å². The number of aryl methyl sites for hydroxylation is 2. The summed E-state index contributed by atoms with van der Waals surface area (Å²) in [6, 6.07) is 15.4. The normalized spacial score (nSPS) is 10.5. The van der Waals surface area contributed by atoms with Crippen LogP contribution in [0.15, 0.2) is 54.7 Å². The molecule has 3 aromatic rings. The summed E-state index contributed by atoms with van der Waals surface area (Å²) in [5, 5.41) is 9.81. The van der Waals surface area contributed by atoms with Crippen molar-refractivity contribution in [2.45, 2.75) is 13.8 Å². The van der Waals surface area contributed by atoms with Gasteiger partial charge < -0.3 is 5.32 Å². The topological polar surface area (TPSA) is 57.8 Å². The van der Waals surface area contributed by atoms with Crippen molar-refractivity contribution in [2.75, 3.05) is 5.32 Å². The monoisotopic (exact) mass is 291 g/mol. The molecule has 0 fully saturated rings. The number of H-pyrrole nitrogens is 1. The van der Waals surface area contributed by atoms with Crippen LogP contribution in [0.5, 0.6) is 0 Å². The van der Waals surface area contributed by atoms with E-state index in [4.69, 9.17) is 0 Å². The second-order valence-corrected chi connectivity index (χ2v) is 5.32. The Balaban J connectivity index is 1.84. The lowest BCUT2D eigenvalue weighted by molar-refractivity contribution is 0.102. The molecule has 0 saturated heterocycles. The summed E-state index contributed by atoms with van der Waals surface area (Å²) < 4.78 is 0. The van der Waals surface area contributed by atoms with Gasteiger partial charge in [0.1, 0.15) is 0 Å². The maximum absolute atomic E-state index is 12.4. The van der Waals surface area contributed by atoms with Crippen molar-refractivity contribution in [3.8, 4) is 11.3 Å². The Labute approximate surface area is 129 Å². The van der Waals surface area contributed by atoms with Crippen LogP contribution in [0.1, 0.15) is 21.5 Å². The van der Waals surface area contributed by atoms with E-state index in [1.807, 2.05) is 62.4 Å². The van der Waals surface area contributed by atoms with Gasteiger partial charge in [0.2, 0.25) is 0 Å². The zero-order valence-electron chi connectivity index (χ0n) is 12.6. The third-order valence-corrected chi connectivity index (χ3v) is 3.56. The number of carbonyl (C=O) groups is 1. The lowest BCUT2D eigenvalue weighted by Gasteiger charge is -2.09. The van der Waals surface area contributed by atoms with Gasteiger partial charge in [-0.05, 0) is 43.7 Å². The number of anilines is 1. The van der Waals surface area contributed by atoms with Crippen LogP contribution in [0.2, 0.25) is 0 Å². The summed E-state index contributed by atoms with van der Waals surface area (Å²) >= 11 is 0. The second-order valence-electron chi connectivity index (χ2n) is 5.32. The first-order valence-electron chi connectivity index (χ1n) is 7.12. The van der Waals surface area contributed by atoms with Gasteiger partial charge in [-0.15, -0.1) is 0 Å². The highest BCUT2D eigenvalue weighted by molar-refractivity contribution is 6.05. The van der Waals surface area contributed by atoms with Gasteiger partial charge in [-0.1, -0.05) is 29.8 Å². The summed E-state index contributed by atoms with van der Waals surface area (Å²) in [7, 11) is 0. The summed E-state index contributed by atoms with van der Waals surface area (Å²) in [5.74, 6) is -0.0979. The van der Waals surface area contributed by atoms with Crippen LogP contribution in [-0.4, -0.2) is 16.1 Å². The number of rotatable bonds is 3. The third kappa shape index (κ3) is 2.91. The third-order valence-electron chi connectivity index (χ3n) is 3.56. The number of benzene rings is 2. The fraction of sp³-hybridized carbons (Fsp3) is 0.111. The van der Waals surface area contributed by atoms with E-state index in [9.17, 15) is 4.79 Å². The first-order valence-corrected chi connectivity index (χ1v) is 7.12. The van der Waals surface area contributed by atoms with Gasteiger partial charge in [-0.3, -0.25) is 9.89 Å². The Morgan fingerprint density at radius 2 is 1.95 bits per heavy atom. The van der Waals surface area contributed by atoms with Gasteiger partial charge in [0.15, 0.2) is 0 Å². The highest BCUT2D eigenvalue weighted by Gasteiger charge is 2.10. The highest BCUT2D eigenvalue weighted by Crippen LogP contribution is 2.21. The van der Waals surface area contributed by atoms with Crippen molar-refractivity contribution in [1.82, 2.24) is 10.2 Å². The molecule has 0 aliphatic heterocycles. The molecule has 4 nitrogen and oxygen atoms in total. The SMILES string of the molecule is Cc1ccc(C(=O)Nc2cccc(-c3ccn[nH]3)c2)c(C)c1. The van der Waals surface area contributed by atoms with Crippen LogP contribution < -0.4 is 5.32 Å². The standard InChI is InChI=1S/C18H17N3O/c1-12-6-7-16(13(2)10-12)18(22)20-15-5-3-4-14(11-15)17-8-9-19-21-17/h3-11H,1-2H3,(H,19,21)(H,20,22). The molecule has 1 heterocycles.